The molecule has 5 nitrogen and oxygen atoms in total. The number of fused-ring (bicyclic) bond motifs is 1. The van der Waals surface area contributed by atoms with E-state index in [1.165, 1.54) is 18.5 Å². The standard InChI is InChI=1S/C14H17N5/c1-2-4-10(5-3-1)14-12-8-11(12)9-19(14)7-6-13-15-17-18-16-13/h1-5,11-12,14H,6-9H2,(H,15,16,17,18)/t11-,12-,14-/m0/s1. The quantitative estimate of drug-likeness (QED) is 0.898. The van der Waals surface area contributed by atoms with Crippen LogP contribution in [0.2, 0.25) is 0 Å². The van der Waals surface area contributed by atoms with Crippen LogP contribution in [0.4, 0.5) is 0 Å². The van der Waals surface area contributed by atoms with E-state index in [9.17, 15) is 0 Å². The van der Waals surface area contributed by atoms with Crippen LogP contribution in [0.3, 0.4) is 0 Å². The van der Waals surface area contributed by atoms with Crippen LogP contribution in [0, 0.1) is 11.8 Å². The highest BCUT2D eigenvalue weighted by atomic mass is 15.5. The van der Waals surface area contributed by atoms with Crippen molar-refractivity contribution >= 4 is 0 Å². The van der Waals surface area contributed by atoms with Crippen LogP contribution >= 0.6 is 0 Å². The third-order valence-corrected chi connectivity index (χ3v) is 4.40. The van der Waals surface area contributed by atoms with Gasteiger partial charge in [-0.2, -0.15) is 5.21 Å². The van der Waals surface area contributed by atoms with Crippen molar-refractivity contribution in [3.8, 4) is 0 Å². The van der Waals surface area contributed by atoms with Gasteiger partial charge in [0, 0.05) is 25.6 Å². The molecule has 2 fully saturated rings. The lowest BCUT2D eigenvalue weighted by atomic mass is 10.0. The largest absolute Gasteiger partial charge is 0.295 e. The zero-order valence-corrected chi connectivity index (χ0v) is 10.7. The van der Waals surface area contributed by atoms with Crippen molar-refractivity contribution in [3.05, 3.63) is 41.7 Å². The van der Waals surface area contributed by atoms with Gasteiger partial charge in [0.15, 0.2) is 5.82 Å². The molecule has 3 atom stereocenters. The lowest BCUT2D eigenvalue weighted by Crippen LogP contribution is -2.29. The molecule has 1 saturated heterocycles. The minimum atomic E-state index is 0.595. The van der Waals surface area contributed by atoms with E-state index in [4.69, 9.17) is 0 Å². The highest BCUT2D eigenvalue weighted by molar-refractivity contribution is 5.24. The Balaban J connectivity index is 1.49. The fraction of sp³-hybridized carbons (Fsp3) is 0.500. The van der Waals surface area contributed by atoms with E-state index in [1.54, 1.807) is 0 Å². The Morgan fingerprint density at radius 2 is 2.16 bits per heavy atom. The predicted octanol–water partition coefficient (Wildman–Crippen LogP) is 1.44. The number of benzene rings is 1. The first-order chi connectivity index (χ1) is 9.42. The highest BCUT2D eigenvalue weighted by Gasteiger charge is 2.52. The van der Waals surface area contributed by atoms with Gasteiger partial charge in [-0.05, 0) is 23.8 Å². The third kappa shape index (κ3) is 2.04. The summed E-state index contributed by atoms with van der Waals surface area (Å²) in [6.07, 6.45) is 2.28. The molecular weight excluding hydrogens is 238 g/mol. The number of rotatable bonds is 4. The smallest absolute Gasteiger partial charge is 0.175 e. The zero-order valence-electron chi connectivity index (χ0n) is 10.7. The second kappa shape index (κ2) is 4.42. The van der Waals surface area contributed by atoms with E-state index in [0.29, 0.717) is 6.04 Å². The van der Waals surface area contributed by atoms with Gasteiger partial charge in [0.05, 0.1) is 0 Å². The van der Waals surface area contributed by atoms with E-state index in [1.807, 2.05) is 0 Å². The monoisotopic (exact) mass is 255 g/mol. The molecule has 1 aromatic heterocycles. The summed E-state index contributed by atoms with van der Waals surface area (Å²) >= 11 is 0. The topological polar surface area (TPSA) is 57.7 Å². The molecule has 1 N–H and O–H groups in total. The first-order valence-electron chi connectivity index (χ1n) is 6.93. The number of aromatic amines is 1. The number of H-pyrrole nitrogens is 1. The van der Waals surface area contributed by atoms with Gasteiger partial charge < -0.3 is 0 Å². The fourth-order valence-corrected chi connectivity index (χ4v) is 3.42. The summed E-state index contributed by atoms with van der Waals surface area (Å²) in [6.45, 7) is 2.24. The SMILES string of the molecule is c1ccc([C@H]2[C@H]3C[C@H]3CN2CCc2nn[nH]n2)cc1. The van der Waals surface area contributed by atoms with E-state index in [2.05, 4.69) is 55.9 Å². The predicted molar refractivity (Wildman–Crippen MR) is 70.2 cm³/mol. The van der Waals surface area contributed by atoms with Crippen molar-refractivity contribution in [1.82, 2.24) is 25.5 Å². The molecule has 1 aromatic carbocycles. The van der Waals surface area contributed by atoms with Crippen molar-refractivity contribution in [2.24, 2.45) is 11.8 Å². The Morgan fingerprint density at radius 1 is 1.26 bits per heavy atom. The third-order valence-electron chi connectivity index (χ3n) is 4.40. The van der Waals surface area contributed by atoms with Gasteiger partial charge in [0.25, 0.3) is 0 Å². The number of tetrazole rings is 1. The maximum Gasteiger partial charge on any atom is 0.175 e. The Hall–Kier alpha value is -1.75. The van der Waals surface area contributed by atoms with Gasteiger partial charge in [-0.1, -0.05) is 35.5 Å². The number of piperidine rings is 1. The molecule has 0 bridgehead atoms. The number of nitrogens with zero attached hydrogens (tertiary/aromatic N) is 4. The summed E-state index contributed by atoms with van der Waals surface area (Å²) in [7, 11) is 0. The van der Waals surface area contributed by atoms with Gasteiger partial charge in [-0.25, -0.2) is 0 Å². The minimum Gasteiger partial charge on any atom is -0.295 e. The lowest BCUT2D eigenvalue weighted by molar-refractivity contribution is 0.223. The minimum absolute atomic E-state index is 0.595. The number of hydrogen-bond acceptors (Lipinski definition) is 4. The van der Waals surface area contributed by atoms with Crippen molar-refractivity contribution in [2.75, 3.05) is 13.1 Å². The van der Waals surface area contributed by atoms with Crippen LogP contribution in [0.1, 0.15) is 23.9 Å². The van der Waals surface area contributed by atoms with Crippen LogP contribution in [0.25, 0.3) is 0 Å². The van der Waals surface area contributed by atoms with Crippen LogP contribution in [-0.4, -0.2) is 38.6 Å². The van der Waals surface area contributed by atoms with Crippen molar-refractivity contribution < 1.29 is 0 Å². The summed E-state index contributed by atoms with van der Waals surface area (Å²) in [5.41, 5.74) is 1.46. The molecular formula is C14H17N5. The molecule has 1 aliphatic heterocycles. The fourth-order valence-electron chi connectivity index (χ4n) is 3.42. The summed E-state index contributed by atoms with van der Waals surface area (Å²) in [5.74, 6) is 2.59. The van der Waals surface area contributed by atoms with E-state index in [0.717, 1.165) is 30.6 Å². The van der Waals surface area contributed by atoms with Gasteiger partial charge in [0.1, 0.15) is 0 Å². The van der Waals surface area contributed by atoms with Crippen molar-refractivity contribution in [1.29, 1.82) is 0 Å². The van der Waals surface area contributed by atoms with Gasteiger partial charge in [0.2, 0.25) is 0 Å². The van der Waals surface area contributed by atoms with Gasteiger partial charge in [-0.15, -0.1) is 10.2 Å². The Morgan fingerprint density at radius 3 is 2.95 bits per heavy atom. The molecule has 0 radical (unpaired) electrons. The Kier molecular flexibility index (Phi) is 2.58. The molecule has 0 amide bonds. The molecule has 19 heavy (non-hydrogen) atoms. The Bertz CT molecular complexity index is 538. The average molecular weight is 255 g/mol. The lowest BCUT2D eigenvalue weighted by Gasteiger charge is -2.27. The molecule has 2 heterocycles. The van der Waals surface area contributed by atoms with Gasteiger partial charge in [-0.3, -0.25) is 4.90 Å². The summed E-state index contributed by atoms with van der Waals surface area (Å²) < 4.78 is 0. The number of nitrogens with one attached hydrogen (secondary N) is 1. The summed E-state index contributed by atoms with van der Waals surface area (Å²) in [6, 6.07) is 11.5. The highest BCUT2D eigenvalue weighted by Crippen LogP contribution is 2.56. The zero-order chi connectivity index (χ0) is 12.7. The summed E-state index contributed by atoms with van der Waals surface area (Å²) in [4.78, 5) is 2.59. The van der Waals surface area contributed by atoms with Crippen molar-refractivity contribution in [2.45, 2.75) is 18.9 Å². The van der Waals surface area contributed by atoms with Crippen LogP contribution in [0.15, 0.2) is 30.3 Å². The molecule has 1 saturated carbocycles. The second-order valence-corrected chi connectivity index (χ2v) is 5.59. The molecule has 0 unspecified atom stereocenters. The molecule has 2 aromatic rings. The van der Waals surface area contributed by atoms with Crippen LogP contribution < -0.4 is 0 Å². The first kappa shape index (κ1) is 11.1. The average Bonchev–Trinajstić information content (AvgIpc) is 2.91. The van der Waals surface area contributed by atoms with Crippen molar-refractivity contribution in [3.63, 3.8) is 0 Å². The van der Waals surface area contributed by atoms with Crippen LogP contribution in [-0.2, 0) is 6.42 Å². The molecule has 98 valence electrons. The molecule has 2 aliphatic rings. The number of likely N-dealkylation sites (tertiary alicyclic amines) is 1. The number of aromatic nitrogens is 4. The second-order valence-electron chi connectivity index (χ2n) is 5.59. The first-order valence-corrected chi connectivity index (χ1v) is 6.93. The molecule has 1 aliphatic carbocycles. The van der Waals surface area contributed by atoms with E-state index in [-0.39, 0.29) is 0 Å². The summed E-state index contributed by atoms with van der Waals surface area (Å²) in [5, 5.41) is 14.2. The molecule has 0 spiro atoms. The molecule has 4 rings (SSSR count). The maximum absolute atomic E-state index is 4.03. The Labute approximate surface area is 112 Å². The maximum atomic E-state index is 4.03. The molecule has 5 heteroatoms. The van der Waals surface area contributed by atoms with E-state index < -0.39 is 0 Å². The van der Waals surface area contributed by atoms with Crippen LogP contribution in [0.5, 0.6) is 0 Å². The number of hydrogen-bond donors (Lipinski definition) is 1. The van der Waals surface area contributed by atoms with E-state index >= 15 is 0 Å². The van der Waals surface area contributed by atoms with Gasteiger partial charge >= 0.3 is 0 Å². The normalized spacial score (nSPS) is 29.4.